The number of fused-ring (bicyclic) bond motifs is 3. The third kappa shape index (κ3) is 5.38. The monoisotopic (exact) mass is 563 g/mol. The van der Waals surface area contributed by atoms with Crippen molar-refractivity contribution in [2.45, 2.75) is 58.5 Å². The summed E-state index contributed by atoms with van der Waals surface area (Å²) in [5.74, 6) is -1.39. The molecule has 1 aliphatic carbocycles. The second-order valence-corrected chi connectivity index (χ2v) is 11.4. The van der Waals surface area contributed by atoms with Gasteiger partial charge in [0.25, 0.3) is 0 Å². The highest BCUT2D eigenvalue weighted by Gasteiger charge is 2.57. The van der Waals surface area contributed by atoms with E-state index in [0.29, 0.717) is 23.7 Å². The van der Waals surface area contributed by atoms with Crippen LogP contribution in [0.3, 0.4) is 0 Å². The minimum Gasteiger partial charge on any atom is -0.508 e. The third-order valence-corrected chi connectivity index (χ3v) is 8.83. The molecular weight excluding hydrogens is 529 g/mol. The van der Waals surface area contributed by atoms with E-state index in [1.807, 2.05) is 6.07 Å². The number of aromatic hydroxyl groups is 1. The van der Waals surface area contributed by atoms with Crippen molar-refractivity contribution in [1.82, 2.24) is 0 Å². The lowest BCUT2D eigenvalue weighted by molar-refractivity contribution is -0.122. The summed E-state index contributed by atoms with van der Waals surface area (Å²) in [4.78, 5) is 28.5. The highest BCUT2D eigenvalue weighted by Crippen LogP contribution is 2.51. The van der Waals surface area contributed by atoms with Crippen LogP contribution >= 0.6 is 11.6 Å². The Morgan fingerprint density at radius 2 is 1.90 bits per heavy atom. The Morgan fingerprint density at radius 3 is 2.60 bits per heavy atom. The van der Waals surface area contributed by atoms with Crippen LogP contribution in [-0.4, -0.2) is 46.8 Å². The van der Waals surface area contributed by atoms with Crippen molar-refractivity contribution in [3.8, 4) is 5.75 Å². The summed E-state index contributed by atoms with van der Waals surface area (Å²) in [6, 6.07) is 11.3. The average molecular weight is 564 g/mol. The number of allylic oxidation sites excluding steroid dienone is 2. The van der Waals surface area contributed by atoms with E-state index in [-0.39, 0.29) is 35.0 Å². The molecule has 5 rings (SSSR count). The molecule has 4 atom stereocenters. The number of rotatable bonds is 9. The lowest BCUT2D eigenvalue weighted by Crippen LogP contribution is -2.35. The van der Waals surface area contributed by atoms with Crippen molar-refractivity contribution in [3.63, 3.8) is 0 Å². The number of nitrogens with zero attached hydrogens (tertiary/aromatic N) is 1. The smallest absolute Gasteiger partial charge is 0.488 e. The van der Waals surface area contributed by atoms with Crippen LogP contribution < -0.4 is 10.4 Å². The van der Waals surface area contributed by atoms with Gasteiger partial charge in [-0.15, -0.1) is 0 Å². The summed E-state index contributed by atoms with van der Waals surface area (Å²) < 4.78 is 6.34. The highest BCUT2D eigenvalue weighted by atomic mass is 35.5. The molecule has 2 fully saturated rings. The molecule has 2 aromatic rings. The van der Waals surface area contributed by atoms with Crippen LogP contribution in [0.15, 0.2) is 59.2 Å². The molecule has 0 radical (unpaired) electrons. The molecule has 40 heavy (non-hydrogen) atoms. The van der Waals surface area contributed by atoms with Crippen LogP contribution in [0.25, 0.3) is 6.08 Å². The first-order valence-corrected chi connectivity index (χ1v) is 14.5. The van der Waals surface area contributed by atoms with E-state index in [9.17, 15) is 24.7 Å². The Balaban J connectivity index is 1.37. The van der Waals surface area contributed by atoms with E-state index in [4.69, 9.17) is 16.3 Å². The summed E-state index contributed by atoms with van der Waals surface area (Å²) in [5.41, 5.74) is 5.11. The summed E-state index contributed by atoms with van der Waals surface area (Å²) in [7, 11) is -1.68. The maximum Gasteiger partial charge on any atom is 0.488 e. The lowest BCUT2D eigenvalue weighted by atomic mass is 9.69. The normalized spacial score (nSPS) is 24.5. The standard InChI is InChI=1S/C31H35BClNO6/c1-3-6-18(13-20-10-11-23(35)16-26(20)33)9-12-27-28-19(4-2)14-24-29(25(28)17-40-27)31(37)34(30(24)36)22-8-5-7-21(15-22)32(38)39/h5,7-8,10-11,13,15-16,24-25,27,29,35,38-39H,3-4,6,9,12,14,17H2,1-2H3/b18-13+/t24-,25+,27-,29-/m1/s1. The molecule has 3 N–H and O–H groups in total. The van der Waals surface area contributed by atoms with Crippen LogP contribution in [0.2, 0.25) is 5.02 Å². The van der Waals surface area contributed by atoms with Crippen molar-refractivity contribution in [2.24, 2.45) is 17.8 Å². The Morgan fingerprint density at radius 1 is 1.10 bits per heavy atom. The van der Waals surface area contributed by atoms with Crippen LogP contribution in [0, 0.1) is 17.8 Å². The van der Waals surface area contributed by atoms with Crippen molar-refractivity contribution < 1.29 is 29.5 Å². The van der Waals surface area contributed by atoms with Gasteiger partial charge in [-0.25, -0.2) is 0 Å². The zero-order valence-electron chi connectivity index (χ0n) is 22.8. The van der Waals surface area contributed by atoms with Gasteiger partial charge in [0.05, 0.1) is 35.3 Å². The maximum atomic E-state index is 13.7. The zero-order chi connectivity index (χ0) is 28.6. The molecule has 210 valence electrons. The van der Waals surface area contributed by atoms with E-state index in [2.05, 4.69) is 19.9 Å². The van der Waals surface area contributed by atoms with Gasteiger partial charge in [-0.05, 0) is 79.0 Å². The fourth-order valence-corrected chi connectivity index (χ4v) is 6.88. The Kier molecular flexibility index (Phi) is 8.52. The molecule has 0 unspecified atom stereocenters. The molecule has 2 saturated heterocycles. The summed E-state index contributed by atoms with van der Waals surface area (Å²) in [5, 5.41) is 29.4. The molecule has 2 amide bonds. The number of imide groups is 1. The van der Waals surface area contributed by atoms with Crippen molar-refractivity contribution in [3.05, 3.63) is 69.8 Å². The number of anilines is 1. The van der Waals surface area contributed by atoms with E-state index in [1.165, 1.54) is 27.7 Å². The Bertz CT molecular complexity index is 1370. The van der Waals surface area contributed by atoms with E-state index in [0.717, 1.165) is 37.7 Å². The summed E-state index contributed by atoms with van der Waals surface area (Å²) in [6.45, 7) is 4.64. The number of amides is 2. The first-order valence-electron chi connectivity index (χ1n) is 14.1. The van der Waals surface area contributed by atoms with Gasteiger partial charge in [0, 0.05) is 5.92 Å². The van der Waals surface area contributed by atoms with E-state index < -0.39 is 19.0 Å². The fourth-order valence-electron chi connectivity index (χ4n) is 6.65. The van der Waals surface area contributed by atoms with Crippen LogP contribution in [0.5, 0.6) is 5.75 Å². The molecule has 2 heterocycles. The number of carbonyl (C=O) groups excluding carboxylic acids is 2. The number of hydrogen-bond acceptors (Lipinski definition) is 6. The molecule has 7 nitrogen and oxygen atoms in total. The van der Waals surface area contributed by atoms with Crippen molar-refractivity contribution >= 4 is 47.8 Å². The van der Waals surface area contributed by atoms with Gasteiger partial charge in [0.1, 0.15) is 5.75 Å². The first kappa shape index (κ1) is 28.6. The molecule has 0 saturated carbocycles. The molecule has 0 aromatic heterocycles. The van der Waals surface area contributed by atoms with Crippen LogP contribution in [-0.2, 0) is 14.3 Å². The van der Waals surface area contributed by atoms with Crippen LogP contribution in [0.4, 0.5) is 5.69 Å². The largest absolute Gasteiger partial charge is 0.508 e. The second-order valence-electron chi connectivity index (χ2n) is 11.0. The van der Waals surface area contributed by atoms with Gasteiger partial charge >= 0.3 is 7.12 Å². The molecule has 3 aliphatic rings. The van der Waals surface area contributed by atoms with Gasteiger partial charge in [-0.2, -0.15) is 0 Å². The summed E-state index contributed by atoms with van der Waals surface area (Å²) >= 11 is 6.36. The number of phenolic OH excluding ortho intramolecular Hbond substituents is 1. The quantitative estimate of drug-likeness (QED) is 0.233. The Hall–Kier alpha value is -2.91. The number of hydrogen-bond donors (Lipinski definition) is 3. The minimum absolute atomic E-state index is 0.110. The van der Waals surface area contributed by atoms with Gasteiger partial charge in [0.2, 0.25) is 11.8 Å². The first-order chi connectivity index (χ1) is 19.2. The van der Waals surface area contributed by atoms with E-state index in [1.54, 1.807) is 30.3 Å². The molecule has 0 spiro atoms. The number of benzene rings is 2. The number of phenols is 1. The molecular formula is C31H35BClNO6. The van der Waals surface area contributed by atoms with Gasteiger partial charge in [0.15, 0.2) is 0 Å². The SMILES string of the molecule is CCC/C(=C\c1ccc(O)cc1Cl)CC[C@H]1OC[C@H]2C1=C(CC)C[C@H]1C(=O)N(c3cccc(B(O)O)c3)C(=O)[C@H]12. The minimum atomic E-state index is -1.68. The number of halogens is 1. The van der Waals surface area contributed by atoms with E-state index >= 15 is 0 Å². The van der Waals surface area contributed by atoms with Gasteiger partial charge in [-0.3, -0.25) is 14.5 Å². The molecule has 2 aliphatic heterocycles. The molecule has 9 heteroatoms. The van der Waals surface area contributed by atoms with Gasteiger partial charge in [-0.1, -0.05) is 61.2 Å². The predicted octanol–water partition coefficient (Wildman–Crippen LogP) is 4.62. The van der Waals surface area contributed by atoms with Crippen molar-refractivity contribution in [2.75, 3.05) is 11.5 Å². The zero-order valence-corrected chi connectivity index (χ0v) is 23.6. The number of carbonyl (C=O) groups is 2. The third-order valence-electron chi connectivity index (χ3n) is 8.50. The highest BCUT2D eigenvalue weighted by molar-refractivity contribution is 6.58. The predicted molar refractivity (Wildman–Crippen MR) is 156 cm³/mol. The maximum absolute atomic E-state index is 13.7. The molecule has 2 aromatic carbocycles. The fraction of sp³-hybridized carbons (Fsp3) is 0.419. The Labute approximate surface area is 240 Å². The second kappa shape index (κ2) is 11.9. The lowest BCUT2D eigenvalue weighted by Gasteiger charge is -2.31. The summed E-state index contributed by atoms with van der Waals surface area (Å²) in [6.07, 6.45) is 6.81. The topological polar surface area (TPSA) is 107 Å². The van der Waals surface area contributed by atoms with Crippen molar-refractivity contribution in [1.29, 1.82) is 0 Å². The molecule has 0 bridgehead atoms. The average Bonchev–Trinajstić information content (AvgIpc) is 3.46. The number of ether oxygens (including phenoxy) is 1. The van der Waals surface area contributed by atoms with Gasteiger partial charge < -0.3 is 19.9 Å². The van der Waals surface area contributed by atoms with Crippen LogP contribution in [0.1, 0.15) is 57.9 Å².